The quantitative estimate of drug-likeness (QED) is 0.798. The van der Waals surface area contributed by atoms with E-state index in [1.54, 1.807) is 0 Å². The summed E-state index contributed by atoms with van der Waals surface area (Å²) in [5, 5.41) is 2.97. The first-order chi connectivity index (χ1) is 12.2. The fourth-order valence-corrected chi connectivity index (χ4v) is 3.91. The third-order valence-corrected chi connectivity index (χ3v) is 5.67. The van der Waals surface area contributed by atoms with Gasteiger partial charge < -0.3 is 5.32 Å². The van der Waals surface area contributed by atoms with E-state index in [9.17, 15) is 13.6 Å². The highest BCUT2D eigenvalue weighted by Crippen LogP contribution is 2.64. The summed E-state index contributed by atoms with van der Waals surface area (Å²) >= 11 is 0. The normalized spacial score (nSPS) is 20.7. The molecule has 0 heterocycles. The van der Waals surface area contributed by atoms with E-state index in [0.29, 0.717) is 24.9 Å². The van der Waals surface area contributed by atoms with Crippen molar-refractivity contribution in [2.45, 2.75) is 45.4 Å². The topological polar surface area (TPSA) is 29.1 Å². The maximum absolute atomic E-state index is 14.3. The summed E-state index contributed by atoms with van der Waals surface area (Å²) in [4.78, 5) is 12.3. The van der Waals surface area contributed by atoms with E-state index < -0.39 is 17.0 Å². The zero-order chi connectivity index (χ0) is 18.9. The molecule has 1 saturated carbocycles. The van der Waals surface area contributed by atoms with E-state index in [0.717, 1.165) is 18.1 Å². The maximum atomic E-state index is 14.3. The van der Waals surface area contributed by atoms with Crippen LogP contribution >= 0.6 is 0 Å². The largest absolute Gasteiger partial charge is 0.355 e. The van der Waals surface area contributed by atoms with Gasteiger partial charge in [0.1, 0.15) is 11.6 Å². The van der Waals surface area contributed by atoms with Crippen molar-refractivity contribution in [2.24, 2.45) is 5.41 Å². The fourth-order valence-electron chi connectivity index (χ4n) is 3.91. The molecule has 2 aromatic rings. The Kier molecular flexibility index (Phi) is 4.87. The molecule has 0 aromatic heterocycles. The van der Waals surface area contributed by atoms with Gasteiger partial charge in [0, 0.05) is 24.4 Å². The Balaban J connectivity index is 1.64. The van der Waals surface area contributed by atoms with Gasteiger partial charge in [-0.2, -0.15) is 0 Å². The van der Waals surface area contributed by atoms with E-state index in [4.69, 9.17) is 0 Å². The molecule has 0 bridgehead atoms. The van der Waals surface area contributed by atoms with Crippen molar-refractivity contribution in [3.05, 3.63) is 70.8 Å². The molecular weight excluding hydrogens is 332 g/mol. The highest BCUT2D eigenvalue weighted by Gasteiger charge is 2.62. The molecule has 0 saturated heterocycles. The molecule has 1 aliphatic rings. The summed E-state index contributed by atoms with van der Waals surface area (Å²) in [7, 11) is 0. The summed E-state index contributed by atoms with van der Waals surface area (Å²) in [5.41, 5.74) is 2.20. The van der Waals surface area contributed by atoms with E-state index in [1.807, 2.05) is 25.1 Å². The van der Waals surface area contributed by atoms with Crippen LogP contribution in [0.1, 0.15) is 43.4 Å². The second-order valence-corrected chi connectivity index (χ2v) is 8.03. The van der Waals surface area contributed by atoms with Gasteiger partial charge in [0.05, 0.1) is 0 Å². The molecule has 4 heteroatoms. The summed E-state index contributed by atoms with van der Waals surface area (Å²) in [6.07, 6.45) is 1.83. The van der Waals surface area contributed by atoms with Crippen LogP contribution in [0.2, 0.25) is 0 Å². The predicted molar refractivity (Wildman–Crippen MR) is 98.9 cm³/mol. The lowest BCUT2D eigenvalue weighted by Gasteiger charge is -2.22. The van der Waals surface area contributed by atoms with Gasteiger partial charge in [-0.3, -0.25) is 4.79 Å². The number of aryl methyl sites for hydroxylation is 2. The lowest BCUT2D eigenvalue weighted by Crippen LogP contribution is -2.35. The van der Waals surface area contributed by atoms with Crippen LogP contribution in [-0.4, -0.2) is 12.5 Å². The molecule has 1 atom stereocenters. The number of hydrogen-bond acceptors (Lipinski definition) is 1. The van der Waals surface area contributed by atoms with Crippen LogP contribution in [0.5, 0.6) is 0 Å². The molecular formula is C22H25F2NO. The lowest BCUT2D eigenvalue weighted by atomic mass is 9.87. The Morgan fingerprint density at radius 2 is 1.88 bits per heavy atom. The molecule has 1 amide bonds. The average molecular weight is 357 g/mol. The molecule has 2 aromatic carbocycles. The molecule has 1 aliphatic carbocycles. The third kappa shape index (κ3) is 3.64. The molecule has 1 fully saturated rings. The van der Waals surface area contributed by atoms with Crippen molar-refractivity contribution in [3.63, 3.8) is 0 Å². The van der Waals surface area contributed by atoms with Crippen molar-refractivity contribution in [1.82, 2.24) is 5.32 Å². The summed E-state index contributed by atoms with van der Waals surface area (Å²) in [5.74, 6) is -1.16. The number of carbonyl (C=O) groups is 1. The van der Waals surface area contributed by atoms with Crippen LogP contribution in [0.4, 0.5) is 8.78 Å². The van der Waals surface area contributed by atoms with Crippen LogP contribution in [-0.2, 0) is 16.6 Å². The number of amides is 1. The predicted octanol–water partition coefficient (Wildman–Crippen LogP) is 4.69. The van der Waals surface area contributed by atoms with Crippen molar-refractivity contribution < 1.29 is 13.6 Å². The Labute approximate surface area is 153 Å². The fraction of sp³-hybridized carbons (Fsp3) is 0.409. The molecule has 0 aliphatic heterocycles. The van der Waals surface area contributed by atoms with Gasteiger partial charge in [0.2, 0.25) is 5.91 Å². The Morgan fingerprint density at radius 3 is 2.50 bits per heavy atom. The van der Waals surface area contributed by atoms with Crippen molar-refractivity contribution in [1.29, 1.82) is 0 Å². The summed E-state index contributed by atoms with van der Waals surface area (Å²) in [6.45, 7) is 6.50. The first-order valence-electron chi connectivity index (χ1n) is 9.01. The number of rotatable bonds is 6. The van der Waals surface area contributed by atoms with Gasteiger partial charge in [-0.25, -0.2) is 8.78 Å². The van der Waals surface area contributed by atoms with Crippen molar-refractivity contribution in [2.75, 3.05) is 6.54 Å². The van der Waals surface area contributed by atoms with E-state index >= 15 is 0 Å². The Hall–Kier alpha value is -2.23. The van der Waals surface area contributed by atoms with Crippen LogP contribution < -0.4 is 5.32 Å². The van der Waals surface area contributed by atoms with Crippen LogP contribution in [0.3, 0.4) is 0 Å². The van der Waals surface area contributed by atoms with Crippen LogP contribution in [0.25, 0.3) is 0 Å². The molecule has 26 heavy (non-hydrogen) atoms. The Bertz CT molecular complexity index is 831. The smallest absolute Gasteiger partial charge is 0.220 e. The second kappa shape index (κ2) is 6.82. The standard InChI is InChI=1S/C22H25F2NO/c1-15-5-4-6-16(11-15)7-10-20(26)25-14-22(13-21(22,2)3)18-9-8-17(23)12-19(18)24/h4-6,8-9,11-12H,7,10,13-14H2,1-3H3,(H,25,26). The monoisotopic (exact) mass is 357 g/mol. The Morgan fingerprint density at radius 1 is 1.15 bits per heavy atom. The number of carbonyl (C=O) groups excluding carboxylic acids is 1. The van der Waals surface area contributed by atoms with E-state index in [1.165, 1.54) is 17.7 Å². The SMILES string of the molecule is Cc1cccc(CCC(=O)NCC2(c3ccc(F)cc3F)CC2(C)C)c1. The first-order valence-corrected chi connectivity index (χ1v) is 9.01. The van der Waals surface area contributed by atoms with Gasteiger partial charge in [-0.05, 0) is 42.4 Å². The number of halogens is 2. The molecule has 0 spiro atoms. The minimum absolute atomic E-state index is 0.0453. The number of nitrogens with one attached hydrogen (secondary N) is 1. The summed E-state index contributed by atoms with van der Waals surface area (Å²) < 4.78 is 27.6. The molecule has 0 radical (unpaired) electrons. The third-order valence-electron chi connectivity index (χ3n) is 5.67. The molecule has 1 unspecified atom stereocenters. The maximum Gasteiger partial charge on any atom is 0.220 e. The van der Waals surface area contributed by atoms with Crippen LogP contribution in [0.15, 0.2) is 42.5 Å². The molecule has 3 rings (SSSR count). The number of benzene rings is 2. The zero-order valence-electron chi connectivity index (χ0n) is 15.5. The lowest BCUT2D eigenvalue weighted by molar-refractivity contribution is -0.121. The van der Waals surface area contributed by atoms with Gasteiger partial charge in [-0.1, -0.05) is 49.7 Å². The van der Waals surface area contributed by atoms with E-state index in [2.05, 4.69) is 25.2 Å². The van der Waals surface area contributed by atoms with Crippen molar-refractivity contribution >= 4 is 5.91 Å². The van der Waals surface area contributed by atoms with Gasteiger partial charge in [-0.15, -0.1) is 0 Å². The molecule has 1 N–H and O–H groups in total. The minimum Gasteiger partial charge on any atom is -0.355 e. The first kappa shape index (κ1) is 18.6. The second-order valence-electron chi connectivity index (χ2n) is 8.03. The molecule has 2 nitrogen and oxygen atoms in total. The van der Waals surface area contributed by atoms with Crippen molar-refractivity contribution in [3.8, 4) is 0 Å². The highest BCUT2D eigenvalue weighted by atomic mass is 19.1. The van der Waals surface area contributed by atoms with Gasteiger partial charge in [0.15, 0.2) is 0 Å². The van der Waals surface area contributed by atoms with E-state index in [-0.39, 0.29) is 11.3 Å². The highest BCUT2D eigenvalue weighted by molar-refractivity contribution is 5.76. The zero-order valence-corrected chi connectivity index (χ0v) is 15.5. The minimum atomic E-state index is -0.581. The van der Waals surface area contributed by atoms with Crippen LogP contribution in [0, 0.1) is 24.0 Å². The van der Waals surface area contributed by atoms with Gasteiger partial charge >= 0.3 is 0 Å². The molecule has 138 valence electrons. The average Bonchev–Trinajstić information content (AvgIpc) is 3.13. The number of hydrogen-bond donors (Lipinski definition) is 1. The summed E-state index contributed by atoms with van der Waals surface area (Å²) in [6, 6.07) is 11.8. The van der Waals surface area contributed by atoms with Gasteiger partial charge in [0.25, 0.3) is 0 Å².